The lowest BCUT2D eigenvalue weighted by atomic mass is 10.0. The first-order valence-corrected chi connectivity index (χ1v) is 8.14. The van der Waals surface area contributed by atoms with Crippen molar-refractivity contribution < 1.29 is 9.84 Å². The molecule has 0 saturated heterocycles. The normalized spacial score (nSPS) is 23.5. The van der Waals surface area contributed by atoms with E-state index in [4.69, 9.17) is 4.74 Å². The fourth-order valence-electron chi connectivity index (χ4n) is 3.40. The van der Waals surface area contributed by atoms with E-state index < -0.39 is 0 Å². The van der Waals surface area contributed by atoms with Crippen LogP contribution < -0.4 is 10.1 Å². The molecule has 1 aliphatic carbocycles. The van der Waals surface area contributed by atoms with Gasteiger partial charge in [0.25, 0.3) is 0 Å². The summed E-state index contributed by atoms with van der Waals surface area (Å²) in [6.07, 6.45) is 2.93. The Morgan fingerprint density at radius 3 is 2.79 bits per heavy atom. The summed E-state index contributed by atoms with van der Waals surface area (Å²) in [4.78, 5) is 8.70. The Balaban J connectivity index is 1.67. The van der Waals surface area contributed by atoms with Crippen LogP contribution in [0, 0.1) is 19.8 Å². The minimum Gasteiger partial charge on any atom is -0.481 e. The van der Waals surface area contributed by atoms with Crippen molar-refractivity contribution in [3.8, 4) is 5.88 Å². The molecule has 3 atom stereocenters. The first-order valence-electron chi connectivity index (χ1n) is 8.14. The maximum absolute atomic E-state index is 10.4. The van der Waals surface area contributed by atoms with E-state index in [1.54, 1.807) is 13.4 Å². The van der Waals surface area contributed by atoms with Crippen molar-refractivity contribution in [2.45, 2.75) is 38.7 Å². The topological polar surface area (TPSA) is 98.0 Å². The van der Waals surface area contributed by atoms with Crippen molar-refractivity contribution >= 4 is 5.82 Å². The summed E-state index contributed by atoms with van der Waals surface area (Å²) in [5.74, 6) is 3.31. The number of aryl methyl sites for hydroxylation is 2. The predicted octanol–water partition coefficient (Wildman–Crippen LogP) is 1.20. The number of nitrogens with zero attached hydrogens (tertiary/aromatic N) is 5. The Labute approximate surface area is 141 Å². The highest BCUT2D eigenvalue weighted by Crippen LogP contribution is 2.37. The zero-order valence-corrected chi connectivity index (χ0v) is 14.5. The molecule has 2 aromatic heterocycles. The maximum atomic E-state index is 10.4. The van der Waals surface area contributed by atoms with Crippen LogP contribution in [0.3, 0.4) is 0 Å². The number of hydrogen-bond acceptors (Lipinski definition) is 7. The van der Waals surface area contributed by atoms with Gasteiger partial charge >= 0.3 is 0 Å². The summed E-state index contributed by atoms with van der Waals surface area (Å²) in [6.45, 7) is 4.41. The van der Waals surface area contributed by atoms with E-state index in [-0.39, 0.29) is 17.9 Å². The minimum atomic E-state index is -0.357. The summed E-state index contributed by atoms with van der Waals surface area (Å²) in [5, 5.41) is 21.9. The Kier molecular flexibility index (Phi) is 4.66. The van der Waals surface area contributed by atoms with Crippen LogP contribution >= 0.6 is 0 Å². The van der Waals surface area contributed by atoms with E-state index >= 15 is 0 Å². The number of aromatic nitrogens is 5. The number of aliphatic hydroxyl groups is 1. The van der Waals surface area contributed by atoms with Crippen molar-refractivity contribution in [1.29, 1.82) is 0 Å². The number of rotatable bonds is 5. The van der Waals surface area contributed by atoms with Crippen LogP contribution in [0.1, 0.15) is 36.0 Å². The van der Waals surface area contributed by atoms with Crippen molar-refractivity contribution in [3.63, 3.8) is 0 Å². The summed E-state index contributed by atoms with van der Waals surface area (Å²) >= 11 is 0. The molecule has 0 unspecified atom stereocenters. The first kappa shape index (κ1) is 16.6. The second-order valence-electron chi connectivity index (χ2n) is 6.43. The average molecular weight is 332 g/mol. The molecule has 0 spiro atoms. The van der Waals surface area contributed by atoms with Gasteiger partial charge in [0.05, 0.1) is 18.8 Å². The van der Waals surface area contributed by atoms with Crippen molar-refractivity contribution in [1.82, 2.24) is 24.7 Å². The van der Waals surface area contributed by atoms with Gasteiger partial charge in [-0.15, -0.1) is 10.2 Å². The van der Waals surface area contributed by atoms with Crippen LogP contribution in [0.2, 0.25) is 0 Å². The van der Waals surface area contributed by atoms with Gasteiger partial charge in [0.15, 0.2) is 0 Å². The van der Waals surface area contributed by atoms with Crippen molar-refractivity contribution in [2.75, 3.05) is 19.0 Å². The fourth-order valence-corrected chi connectivity index (χ4v) is 3.40. The van der Waals surface area contributed by atoms with E-state index in [0.29, 0.717) is 24.7 Å². The van der Waals surface area contributed by atoms with Crippen LogP contribution in [0.15, 0.2) is 6.33 Å². The Bertz CT molecular complexity index is 717. The minimum absolute atomic E-state index is 0.146. The van der Waals surface area contributed by atoms with E-state index in [1.807, 2.05) is 25.5 Å². The monoisotopic (exact) mass is 332 g/mol. The molecule has 1 saturated carbocycles. The van der Waals surface area contributed by atoms with E-state index in [0.717, 1.165) is 23.6 Å². The predicted molar refractivity (Wildman–Crippen MR) is 89.0 cm³/mol. The van der Waals surface area contributed by atoms with Crippen LogP contribution in [0.5, 0.6) is 5.88 Å². The molecule has 2 heterocycles. The number of methoxy groups -OCH3 is 1. The van der Waals surface area contributed by atoms with Gasteiger partial charge in [-0.3, -0.25) is 0 Å². The molecule has 2 N–H and O–H groups in total. The van der Waals surface area contributed by atoms with Gasteiger partial charge in [0, 0.05) is 25.4 Å². The molecule has 0 aromatic carbocycles. The molecule has 1 fully saturated rings. The van der Waals surface area contributed by atoms with Crippen molar-refractivity contribution in [2.24, 2.45) is 13.0 Å². The van der Waals surface area contributed by atoms with Gasteiger partial charge in [-0.2, -0.15) is 4.98 Å². The Hall–Kier alpha value is -2.22. The molecule has 24 heavy (non-hydrogen) atoms. The van der Waals surface area contributed by atoms with Crippen LogP contribution in [-0.2, 0) is 7.05 Å². The Morgan fingerprint density at radius 2 is 2.12 bits per heavy atom. The largest absolute Gasteiger partial charge is 0.481 e. The number of anilines is 1. The van der Waals surface area contributed by atoms with Gasteiger partial charge in [-0.1, -0.05) is 0 Å². The van der Waals surface area contributed by atoms with Gasteiger partial charge in [0.1, 0.15) is 23.8 Å². The van der Waals surface area contributed by atoms with Gasteiger partial charge in [-0.25, -0.2) is 4.98 Å². The quantitative estimate of drug-likeness (QED) is 0.849. The zero-order chi connectivity index (χ0) is 17.3. The van der Waals surface area contributed by atoms with E-state index in [9.17, 15) is 5.11 Å². The van der Waals surface area contributed by atoms with Crippen LogP contribution in [-0.4, -0.2) is 49.6 Å². The van der Waals surface area contributed by atoms with Crippen LogP contribution in [0.25, 0.3) is 0 Å². The molecule has 8 heteroatoms. The number of hydrogen-bond donors (Lipinski definition) is 2. The third kappa shape index (κ3) is 3.19. The highest BCUT2D eigenvalue weighted by molar-refractivity contribution is 5.48. The molecule has 8 nitrogen and oxygen atoms in total. The van der Waals surface area contributed by atoms with Crippen LogP contribution in [0.4, 0.5) is 5.82 Å². The fraction of sp³-hybridized carbons (Fsp3) is 0.625. The van der Waals surface area contributed by atoms with E-state index in [2.05, 4.69) is 25.5 Å². The lowest BCUT2D eigenvalue weighted by Gasteiger charge is -2.17. The second kappa shape index (κ2) is 6.72. The van der Waals surface area contributed by atoms with Gasteiger partial charge < -0.3 is 19.7 Å². The molecule has 0 aliphatic heterocycles. The lowest BCUT2D eigenvalue weighted by Crippen LogP contribution is -2.23. The average Bonchev–Trinajstić information content (AvgIpc) is 3.13. The molecular formula is C16H24N6O2. The van der Waals surface area contributed by atoms with Gasteiger partial charge in [-0.05, 0) is 26.7 Å². The maximum Gasteiger partial charge on any atom is 0.221 e. The summed E-state index contributed by atoms with van der Waals surface area (Å²) in [5.41, 5.74) is 0.875. The third-order valence-electron chi connectivity index (χ3n) is 4.71. The van der Waals surface area contributed by atoms with Gasteiger partial charge in [0.2, 0.25) is 5.88 Å². The molecule has 3 rings (SSSR count). The Morgan fingerprint density at radius 1 is 1.33 bits per heavy atom. The third-order valence-corrected chi connectivity index (χ3v) is 4.71. The molecular weight excluding hydrogens is 308 g/mol. The number of ether oxygens (including phenoxy) is 1. The molecule has 1 aliphatic rings. The summed E-state index contributed by atoms with van der Waals surface area (Å²) in [7, 11) is 3.54. The highest BCUT2D eigenvalue weighted by atomic mass is 16.5. The van der Waals surface area contributed by atoms with Crippen molar-refractivity contribution in [3.05, 3.63) is 23.5 Å². The second-order valence-corrected chi connectivity index (χ2v) is 6.43. The van der Waals surface area contributed by atoms with E-state index in [1.165, 1.54) is 0 Å². The molecule has 130 valence electrons. The zero-order valence-electron chi connectivity index (χ0n) is 14.5. The molecule has 0 amide bonds. The SMILES string of the molecule is COc1nc(C)nc(NC[C@H]2C[C@H](c3nncn3C)C[C@H]2O)c1C. The summed E-state index contributed by atoms with van der Waals surface area (Å²) < 4.78 is 7.21. The smallest absolute Gasteiger partial charge is 0.221 e. The molecule has 0 radical (unpaired) electrons. The molecule has 2 aromatic rings. The number of aliphatic hydroxyl groups excluding tert-OH is 1. The lowest BCUT2D eigenvalue weighted by molar-refractivity contribution is 0.137. The summed E-state index contributed by atoms with van der Waals surface area (Å²) in [6, 6.07) is 0. The standard InChI is InChI=1S/C16H24N6O2/c1-9-14(19-10(2)20-16(9)24-4)17-7-12-5-11(6-13(12)23)15-21-18-8-22(15)3/h8,11-13,23H,5-7H2,1-4H3,(H,17,19,20)/t11-,12+,13+/m0/s1. The number of nitrogens with one attached hydrogen (secondary N) is 1. The highest BCUT2D eigenvalue weighted by Gasteiger charge is 2.35. The molecule has 0 bridgehead atoms. The first-order chi connectivity index (χ1) is 11.5.